The van der Waals surface area contributed by atoms with Gasteiger partial charge in [-0.15, -0.1) is 0 Å². The van der Waals surface area contributed by atoms with Crippen LogP contribution in [-0.2, 0) is 0 Å². The van der Waals surface area contributed by atoms with Crippen LogP contribution < -0.4 is 4.90 Å². The number of nitrogens with zero attached hydrogens (tertiary/aromatic N) is 1. The molecule has 10 rings (SSSR count). The number of rotatable bonds is 9. The zero-order valence-electron chi connectivity index (χ0n) is 33.5. The van der Waals surface area contributed by atoms with E-state index in [2.05, 4.69) is 254 Å². The molecule has 0 atom stereocenters. The van der Waals surface area contributed by atoms with Crippen molar-refractivity contribution in [2.75, 3.05) is 4.90 Å². The molecule has 1 nitrogen and oxygen atoms in total. The van der Waals surface area contributed by atoms with Crippen molar-refractivity contribution < 1.29 is 0 Å². The lowest BCUT2D eigenvalue weighted by Gasteiger charge is -2.26. The molecule has 60 heavy (non-hydrogen) atoms. The Morgan fingerprint density at radius 2 is 0.550 bits per heavy atom. The Morgan fingerprint density at radius 1 is 0.233 bits per heavy atom. The molecular formula is C59H43N. The highest BCUT2D eigenvalue weighted by atomic mass is 15.1. The van der Waals surface area contributed by atoms with Gasteiger partial charge in [-0.25, -0.2) is 0 Å². The van der Waals surface area contributed by atoms with Crippen molar-refractivity contribution in [2.45, 2.75) is 6.92 Å². The molecule has 0 saturated heterocycles. The molecule has 10 aromatic carbocycles. The van der Waals surface area contributed by atoms with Crippen LogP contribution in [0.15, 0.2) is 243 Å². The predicted molar refractivity (Wildman–Crippen MR) is 256 cm³/mol. The molecule has 0 aliphatic heterocycles. The quantitative estimate of drug-likeness (QED) is 0.141. The molecule has 0 aromatic heterocycles. The van der Waals surface area contributed by atoms with E-state index < -0.39 is 0 Å². The van der Waals surface area contributed by atoms with E-state index in [0.29, 0.717) is 0 Å². The first kappa shape index (κ1) is 36.6. The van der Waals surface area contributed by atoms with Crippen molar-refractivity contribution in [3.63, 3.8) is 0 Å². The van der Waals surface area contributed by atoms with Crippen LogP contribution in [0.1, 0.15) is 5.56 Å². The maximum atomic E-state index is 2.36. The van der Waals surface area contributed by atoms with Crippen LogP contribution in [0.3, 0.4) is 0 Å². The van der Waals surface area contributed by atoms with Gasteiger partial charge in [0, 0.05) is 17.1 Å². The molecule has 1 heteroatoms. The average molecular weight is 766 g/mol. The van der Waals surface area contributed by atoms with E-state index >= 15 is 0 Å². The molecule has 0 radical (unpaired) electrons. The summed E-state index contributed by atoms with van der Waals surface area (Å²) in [5, 5.41) is 2.51. The van der Waals surface area contributed by atoms with Gasteiger partial charge in [-0.3, -0.25) is 0 Å². The number of benzene rings is 10. The van der Waals surface area contributed by atoms with Crippen LogP contribution in [0.5, 0.6) is 0 Å². The van der Waals surface area contributed by atoms with Crippen molar-refractivity contribution >= 4 is 27.8 Å². The van der Waals surface area contributed by atoms with Gasteiger partial charge >= 0.3 is 0 Å². The molecule has 0 aliphatic rings. The topological polar surface area (TPSA) is 3.24 Å². The van der Waals surface area contributed by atoms with Crippen molar-refractivity contribution in [3.05, 3.63) is 248 Å². The van der Waals surface area contributed by atoms with E-state index in [0.717, 1.165) is 17.1 Å². The van der Waals surface area contributed by atoms with E-state index in [1.165, 1.54) is 83.1 Å². The van der Waals surface area contributed by atoms with E-state index in [1.807, 2.05) is 0 Å². The Morgan fingerprint density at radius 3 is 1.02 bits per heavy atom. The minimum Gasteiger partial charge on any atom is -0.311 e. The van der Waals surface area contributed by atoms with Crippen LogP contribution in [0.2, 0.25) is 0 Å². The first-order chi connectivity index (χ1) is 29.7. The number of fused-ring (bicyclic) bond motifs is 1. The fraction of sp³-hybridized carbons (Fsp3) is 0.0169. The zero-order chi connectivity index (χ0) is 40.3. The second kappa shape index (κ2) is 16.3. The first-order valence-electron chi connectivity index (χ1n) is 20.7. The summed E-state index contributed by atoms with van der Waals surface area (Å²) in [7, 11) is 0. The summed E-state index contributed by atoms with van der Waals surface area (Å²) in [4.78, 5) is 2.36. The maximum absolute atomic E-state index is 2.36. The third-order valence-corrected chi connectivity index (χ3v) is 11.6. The lowest BCUT2D eigenvalue weighted by atomic mass is 9.89. The van der Waals surface area contributed by atoms with E-state index in [-0.39, 0.29) is 0 Å². The second-order valence-electron chi connectivity index (χ2n) is 15.4. The van der Waals surface area contributed by atoms with Gasteiger partial charge in [0.25, 0.3) is 0 Å². The van der Waals surface area contributed by atoms with Crippen molar-refractivity contribution in [2.24, 2.45) is 0 Å². The van der Waals surface area contributed by atoms with Crippen molar-refractivity contribution in [1.29, 1.82) is 0 Å². The number of aryl methyl sites for hydroxylation is 1. The molecule has 0 heterocycles. The van der Waals surface area contributed by atoms with E-state index in [9.17, 15) is 0 Å². The molecule has 0 aliphatic carbocycles. The Labute approximate surface area is 353 Å². The molecule has 0 spiro atoms. The number of hydrogen-bond acceptors (Lipinski definition) is 1. The smallest absolute Gasteiger partial charge is 0.0462 e. The monoisotopic (exact) mass is 765 g/mol. The van der Waals surface area contributed by atoms with E-state index in [4.69, 9.17) is 0 Å². The van der Waals surface area contributed by atoms with Gasteiger partial charge in [0.15, 0.2) is 0 Å². The molecule has 284 valence electrons. The van der Waals surface area contributed by atoms with Crippen molar-refractivity contribution in [1.82, 2.24) is 0 Å². The molecular weight excluding hydrogens is 723 g/mol. The summed E-state index contributed by atoms with van der Waals surface area (Å²) in [6, 6.07) is 87.9. The van der Waals surface area contributed by atoms with Gasteiger partial charge in [-0.1, -0.05) is 212 Å². The summed E-state index contributed by atoms with van der Waals surface area (Å²) in [5.74, 6) is 0. The molecule has 0 unspecified atom stereocenters. The zero-order valence-corrected chi connectivity index (χ0v) is 33.5. The predicted octanol–water partition coefficient (Wildman–Crippen LogP) is 16.6. The van der Waals surface area contributed by atoms with E-state index in [1.54, 1.807) is 0 Å². The Balaban J connectivity index is 1.05. The SMILES string of the molecule is Cc1ccc(-c2cccc3cccc(-c4ccc(N(c5ccc(-c6ccccc6)cc5)c5ccc(-c6ccccc6-c6ccccc6-c6ccccc6)cc5)cc4)c23)cc1. The highest BCUT2D eigenvalue weighted by molar-refractivity contribution is 6.06. The normalized spacial score (nSPS) is 11.1. The lowest BCUT2D eigenvalue weighted by molar-refractivity contribution is 1.28. The third kappa shape index (κ3) is 7.19. The molecule has 0 saturated carbocycles. The first-order valence-corrected chi connectivity index (χ1v) is 20.7. The standard InChI is InChI=1S/C59H43N/c1-42-26-28-47(29-27-42)55-24-12-18-49-19-13-25-56(59(49)55)48-34-40-52(41-35-48)60(50-36-30-44(31-37-50)43-14-4-2-5-15-43)51-38-32-46(33-39-51)54-21-9-11-23-58(54)57-22-10-8-20-53(57)45-16-6-3-7-17-45/h2-41H,1H3. The molecule has 0 amide bonds. The number of hydrogen-bond donors (Lipinski definition) is 0. The van der Waals surface area contributed by atoms with Crippen LogP contribution in [-0.4, -0.2) is 0 Å². The van der Waals surface area contributed by atoms with Crippen LogP contribution in [0.25, 0.3) is 77.5 Å². The summed E-state index contributed by atoms with van der Waals surface area (Å²) in [5.41, 5.74) is 19.1. The molecule has 10 aromatic rings. The Hall–Kier alpha value is -7.74. The Bertz CT molecular complexity index is 3030. The minimum absolute atomic E-state index is 1.09. The summed E-state index contributed by atoms with van der Waals surface area (Å²) in [6.07, 6.45) is 0. The Kier molecular flexibility index (Phi) is 9.91. The summed E-state index contributed by atoms with van der Waals surface area (Å²) >= 11 is 0. The highest BCUT2D eigenvalue weighted by Crippen LogP contribution is 2.42. The van der Waals surface area contributed by atoms with Crippen LogP contribution in [0.4, 0.5) is 17.1 Å². The second-order valence-corrected chi connectivity index (χ2v) is 15.4. The van der Waals surface area contributed by atoms with Gasteiger partial charge in [-0.2, -0.15) is 0 Å². The fourth-order valence-corrected chi connectivity index (χ4v) is 8.57. The van der Waals surface area contributed by atoms with Gasteiger partial charge in [0.1, 0.15) is 0 Å². The molecule has 0 N–H and O–H groups in total. The minimum atomic E-state index is 1.09. The van der Waals surface area contributed by atoms with Gasteiger partial charge in [0.05, 0.1) is 0 Å². The fourth-order valence-electron chi connectivity index (χ4n) is 8.57. The highest BCUT2D eigenvalue weighted by Gasteiger charge is 2.17. The summed E-state index contributed by atoms with van der Waals surface area (Å²) < 4.78 is 0. The van der Waals surface area contributed by atoms with Crippen LogP contribution in [0, 0.1) is 6.92 Å². The maximum Gasteiger partial charge on any atom is 0.0462 e. The molecule has 0 fully saturated rings. The largest absolute Gasteiger partial charge is 0.311 e. The number of anilines is 3. The average Bonchev–Trinajstić information content (AvgIpc) is 3.33. The molecule has 0 bridgehead atoms. The third-order valence-electron chi connectivity index (χ3n) is 11.6. The van der Waals surface area contributed by atoms with Gasteiger partial charge in [0.2, 0.25) is 0 Å². The van der Waals surface area contributed by atoms with Gasteiger partial charge in [-0.05, 0) is 121 Å². The lowest BCUT2D eigenvalue weighted by Crippen LogP contribution is -2.09. The van der Waals surface area contributed by atoms with Crippen LogP contribution >= 0.6 is 0 Å². The van der Waals surface area contributed by atoms with Gasteiger partial charge < -0.3 is 4.90 Å². The summed E-state index contributed by atoms with van der Waals surface area (Å²) in [6.45, 7) is 2.14. The van der Waals surface area contributed by atoms with Crippen molar-refractivity contribution in [3.8, 4) is 66.8 Å².